The molecule has 5 aromatic rings. The Hall–Kier alpha value is -3.10. The van der Waals surface area contributed by atoms with E-state index in [4.69, 9.17) is 9.72 Å². The first-order valence-corrected chi connectivity index (χ1v) is 14.9. The molecule has 0 N–H and O–H groups in total. The molecule has 0 unspecified atom stereocenters. The Morgan fingerprint density at radius 1 is 1.05 bits per heavy atom. The maximum atomic E-state index is 13.4. The highest BCUT2D eigenvalue weighted by Crippen LogP contribution is 2.48. The van der Waals surface area contributed by atoms with Gasteiger partial charge in [-0.3, -0.25) is 4.79 Å². The van der Waals surface area contributed by atoms with Crippen LogP contribution in [0.1, 0.15) is 54.9 Å². The average Bonchev–Trinajstić information content (AvgIpc) is 3.19. The molecular weight excluding hydrogens is 500 g/mol. The van der Waals surface area contributed by atoms with Crippen LogP contribution < -0.4 is 4.74 Å². The number of carbonyl (C=O) groups is 1. The van der Waals surface area contributed by atoms with Gasteiger partial charge in [-0.2, -0.15) is 0 Å². The van der Waals surface area contributed by atoms with Crippen LogP contribution >= 0.6 is 22.7 Å². The number of thiophene rings is 2. The van der Waals surface area contributed by atoms with E-state index in [1.165, 1.54) is 46.3 Å². The molecule has 2 aliphatic rings. The van der Waals surface area contributed by atoms with E-state index in [9.17, 15) is 4.79 Å². The minimum Gasteiger partial charge on any atom is -0.494 e. The number of hydrogen-bond acceptors (Lipinski definition) is 5. The number of aryl methyl sites for hydroxylation is 1. The van der Waals surface area contributed by atoms with Crippen LogP contribution in [0.3, 0.4) is 0 Å². The highest BCUT2D eigenvalue weighted by molar-refractivity contribution is 7.19. The molecule has 1 saturated heterocycles. The molecule has 0 spiro atoms. The second kappa shape index (κ2) is 9.03. The Morgan fingerprint density at radius 3 is 2.57 bits per heavy atom. The zero-order valence-electron chi connectivity index (χ0n) is 21.2. The number of nitrogens with zero attached hydrogens (tertiary/aromatic N) is 4. The molecule has 1 amide bonds. The minimum absolute atomic E-state index is 0.0803. The van der Waals surface area contributed by atoms with Crippen molar-refractivity contribution in [1.82, 2.24) is 19.0 Å². The molecule has 0 atom stereocenters. The third kappa shape index (κ3) is 3.80. The molecule has 0 bridgehead atoms. The molecule has 1 aromatic carbocycles. The van der Waals surface area contributed by atoms with Gasteiger partial charge in [0.1, 0.15) is 11.3 Å². The first kappa shape index (κ1) is 23.0. The topological polar surface area (TPSA) is 52.3 Å². The molecule has 8 heteroatoms. The smallest absolute Gasteiger partial charge is 0.254 e. The summed E-state index contributed by atoms with van der Waals surface area (Å²) >= 11 is 3.60. The maximum Gasteiger partial charge on any atom is 0.254 e. The lowest BCUT2D eigenvalue weighted by Gasteiger charge is -2.20. The fourth-order valence-corrected chi connectivity index (χ4v) is 7.60. The van der Waals surface area contributed by atoms with Gasteiger partial charge in [-0.05, 0) is 55.3 Å². The summed E-state index contributed by atoms with van der Waals surface area (Å²) in [5.74, 6) is 1.69. The largest absolute Gasteiger partial charge is 0.494 e. The van der Waals surface area contributed by atoms with E-state index >= 15 is 0 Å². The summed E-state index contributed by atoms with van der Waals surface area (Å²) in [6.45, 7) is 1.65. The van der Waals surface area contributed by atoms with Crippen LogP contribution in [-0.4, -0.2) is 45.1 Å². The minimum atomic E-state index is 0.0803. The normalized spacial score (nSPS) is 16.5. The number of imidazole rings is 1. The van der Waals surface area contributed by atoms with Crippen molar-refractivity contribution >= 4 is 49.8 Å². The van der Waals surface area contributed by atoms with Crippen LogP contribution in [-0.2, 0) is 7.05 Å². The van der Waals surface area contributed by atoms with Gasteiger partial charge in [-0.1, -0.05) is 18.9 Å². The lowest BCUT2D eigenvalue weighted by atomic mass is 10.1. The van der Waals surface area contributed by atoms with E-state index in [0.29, 0.717) is 17.4 Å². The summed E-state index contributed by atoms with van der Waals surface area (Å²) < 4.78 is 11.8. The Labute approximate surface area is 224 Å². The van der Waals surface area contributed by atoms with Crippen molar-refractivity contribution in [2.75, 3.05) is 20.2 Å². The molecule has 0 radical (unpaired) electrons. The Balaban J connectivity index is 1.37. The van der Waals surface area contributed by atoms with E-state index in [0.717, 1.165) is 48.5 Å². The van der Waals surface area contributed by atoms with E-state index in [2.05, 4.69) is 45.1 Å². The van der Waals surface area contributed by atoms with Crippen molar-refractivity contribution in [1.29, 1.82) is 0 Å². The summed E-state index contributed by atoms with van der Waals surface area (Å²) in [4.78, 5) is 21.9. The van der Waals surface area contributed by atoms with Gasteiger partial charge in [-0.15, -0.1) is 22.7 Å². The number of amides is 1. The Morgan fingerprint density at radius 2 is 1.86 bits per heavy atom. The first-order valence-electron chi connectivity index (χ1n) is 13.1. The predicted octanol–water partition coefficient (Wildman–Crippen LogP) is 7.34. The highest BCUT2D eigenvalue weighted by atomic mass is 32.1. The number of benzene rings is 1. The van der Waals surface area contributed by atoms with Gasteiger partial charge in [0, 0.05) is 47.6 Å². The second-order valence-electron chi connectivity index (χ2n) is 10.2. The molecule has 1 aliphatic carbocycles. The van der Waals surface area contributed by atoms with E-state index in [1.54, 1.807) is 29.8 Å². The number of carbonyl (C=O) groups excluding carboxylic acids is 1. The third-order valence-corrected chi connectivity index (χ3v) is 9.60. The van der Waals surface area contributed by atoms with Gasteiger partial charge >= 0.3 is 0 Å². The number of hydrogen-bond donors (Lipinski definition) is 0. The molecule has 2 fully saturated rings. The van der Waals surface area contributed by atoms with Gasteiger partial charge in [0.15, 0.2) is 5.82 Å². The van der Waals surface area contributed by atoms with Crippen molar-refractivity contribution in [3.05, 3.63) is 46.7 Å². The van der Waals surface area contributed by atoms with Gasteiger partial charge < -0.3 is 18.8 Å². The number of ether oxygens (including phenoxy) is 1. The zero-order chi connectivity index (χ0) is 25.1. The standard InChI is InChI=1S/C29H30N4O2S2/c1-31-27-21(14-18(15-23(27)35-2)29(34)32-11-5-3-4-6-12-32)30-28(31)22-16-25-26(33(22)19-9-10-19)20(17-37-25)24-8-7-13-36-24/h7-8,13-17,19H,3-6,9-12H2,1-2H3. The quantitative estimate of drug-likeness (QED) is 0.239. The van der Waals surface area contributed by atoms with E-state index in [1.807, 2.05) is 17.0 Å². The van der Waals surface area contributed by atoms with Crippen LogP contribution in [0, 0.1) is 0 Å². The molecule has 1 aliphatic heterocycles. The SMILES string of the molecule is COc1cc(C(=O)N2CCCCCC2)cc2nc(-c3cc4scc(-c5cccs5)c4n3C3CC3)n(C)c12. The first-order chi connectivity index (χ1) is 18.1. The fourth-order valence-electron chi connectivity index (χ4n) is 5.80. The molecule has 5 heterocycles. The Kier molecular flexibility index (Phi) is 5.62. The van der Waals surface area contributed by atoms with Crippen molar-refractivity contribution in [2.45, 2.75) is 44.6 Å². The summed E-state index contributed by atoms with van der Waals surface area (Å²) in [7, 11) is 3.74. The number of aromatic nitrogens is 3. The van der Waals surface area contributed by atoms with E-state index in [-0.39, 0.29) is 5.91 Å². The molecule has 6 nitrogen and oxygen atoms in total. The van der Waals surface area contributed by atoms with Crippen LogP contribution in [0.15, 0.2) is 41.1 Å². The fraction of sp³-hybridized carbons (Fsp3) is 0.379. The van der Waals surface area contributed by atoms with Crippen LogP contribution in [0.2, 0.25) is 0 Å². The van der Waals surface area contributed by atoms with Gasteiger partial charge in [-0.25, -0.2) is 4.98 Å². The summed E-state index contributed by atoms with van der Waals surface area (Å²) in [6.07, 6.45) is 6.92. The molecule has 37 heavy (non-hydrogen) atoms. The lowest BCUT2D eigenvalue weighted by molar-refractivity contribution is 0.0761. The predicted molar refractivity (Wildman–Crippen MR) is 152 cm³/mol. The number of rotatable bonds is 5. The van der Waals surface area contributed by atoms with Crippen molar-refractivity contribution in [2.24, 2.45) is 7.05 Å². The molecule has 7 rings (SSSR count). The van der Waals surface area contributed by atoms with Gasteiger partial charge in [0.2, 0.25) is 0 Å². The highest BCUT2D eigenvalue weighted by Gasteiger charge is 2.32. The average molecular weight is 531 g/mol. The van der Waals surface area contributed by atoms with Crippen molar-refractivity contribution in [3.8, 4) is 27.7 Å². The van der Waals surface area contributed by atoms with Crippen LogP contribution in [0.4, 0.5) is 0 Å². The summed E-state index contributed by atoms with van der Waals surface area (Å²) in [5.41, 5.74) is 6.17. The van der Waals surface area contributed by atoms with Gasteiger partial charge in [0.05, 0.1) is 28.5 Å². The number of fused-ring (bicyclic) bond motifs is 2. The lowest BCUT2D eigenvalue weighted by Crippen LogP contribution is -2.31. The number of methoxy groups -OCH3 is 1. The van der Waals surface area contributed by atoms with Crippen molar-refractivity contribution in [3.63, 3.8) is 0 Å². The number of likely N-dealkylation sites (tertiary alicyclic amines) is 1. The summed E-state index contributed by atoms with van der Waals surface area (Å²) in [6, 6.07) is 11.0. The van der Waals surface area contributed by atoms with Gasteiger partial charge in [0.25, 0.3) is 5.91 Å². The molecule has 4 aromatic heterocycles. The monoisotopic (exact) mass is 530 g/mol. The van der Waals surface area contributed by atoms with Crippen molar-refractivity contribution < 1.29 is 9.53 Å². The van der Waals surface area contributed by atoms with Crippen LogP contribution in [0.25, 0.3) is 43.2 Å². The molecule has 190 valence electrons. The Bertz CT molecular complexity index is 1610. The van der Waals surface area contributed by atoms with Crippen LogP contribution in [0.5, 0.6) is 5.75 Å². The maximum absolute atomic E-state index is 13.4. The summed E-state index contributed by atoms with van der Waals surface area (Å²) in [5, 5.41) is 4.43. The van der Waals surface area contributed by atoms with E-state index < -0.39 is 0 Å². The second-order valence-corrected chi connectivity index (χ2v) is 12.1. The molecule has 1 saturated carbocycles. The third-order valence-electron chi connectivity index (χ3n) is 7.78. The zero-order valence-corrected chi connectivity index (χ0v) is 22.8. The molecular formula is C29H30N4O2S2.